The predicted octanol–water partition coefficient (Wildman–Crippen LogP) is 3.37. The van der Waals surface area contributed by atoms with Crippen molar-refractivity contribution in [3.8, 4) is 0 Å². The van der Waals surface area contributed by atoms with E-state index < -0.39 is 0 Å². The Hall–Kier alpha value is -0.770. The summed E-state index contributed by atoms with van der Waals surface area (Å²) in [6.07, 6.45) is 1.11. The van der Waals surface area contributed by atoms with Gasteiger partial charge in [-0.1, -0.05) is 31.5 Å². The number of benzene rings is 1. The van der Waals surface area contributed by atoms with Crippen LogP contribution in [0.25, 0.3) is 0 Å². The molecule has 0 bridgehead atoms. The highest BCUT2D eigenvalue weighted by Crippen LogP contribution is 2.23. The lowest BCUT2D eigenvalue weighted by Gasteiger charge is -2.35. The van der Waals surface area contributed by atoms with E-state index in [2.05, 4.69) is 52.2 Å². The normalized spacial score (nSPS) is 21.6. The van der Waals surface area contributed by atoms with E-state index in [4.69, 9.17) is 16.6 Å². The van der Waals surface area contributed by atoms with Crippen molar-refractivity contribution in [1.82, 2.24) is 20.4 Å². The Kier molecular flexibility index (Phi) is 11.7. The highest BCUT2D eigenvalue weighted by molar-refractivity contribution is 14.0. The van der Waals surface area contributed by atoms with Crippen LogP contribution in [0.4, 0.5) is 5.69 Å². The van der Waals surface area contributed by atoms with Gasteiger partial charge >= 0.3 is 0 Å². The lowest BCUT2D eigenvalue weighted by atomic mass is 10.1. The molecule has 2 saturated heterocycles. The van der Waals surface area contributed by atoms with Crippen LogP contribution < -0.4 is 15.5 Å². The second-order valence-corrected chi connectivity index (χ2v) is 9.05. The third-order valence-electron chi connectivity index (χ3n) is 6.09. The monoisotopic (exact) mass is 562 g/mol. The second kappa shape index (κ2) is 13.7. The van der Waals surface area contributed by atoms with Crippen LogP contribution >= 0.6 is 35.6 Å². The minimum Gasteiger partial charge on any atom is -0.369 e. The van der Waals surface area contributed by atoms with E-state index in [9.17, 15) is 0 Å². The van der Waals surface area contributed by atoms with Gasteiger partial charge in [-0.15, -0.1) is 24.0 Å². The average molecular weight is 563 g/mol. The smallest absolute Gasteiger partial charge is 0.191 e. The van der Waals surface area contributed by atoms with E-state index in [0.717, 1.165) is 50.1 Å². The molecular weight excluding hydrogens is 523 g/mol. The van der Waals surface area contributed by atoms with Crippen molar-refractivity contribution in [2.24, 2.45) is 10.9 Å². The molecule has 2 atom stereocenters. The molecule has 31 heavy (non-hydrogen) atoms. The minimum absolute atomic E-state index is 0. The molecule has 0 amide bonds. The first-order valence-corrected chi connectivity index (χ1v) is 11.9. The molecule has 0 spiro atoms. The first kappa shape index (κ1) is 26.5. The Morgan fingerprint density at radius 3 is 2.58 bits per heavy atom. The maximum Gasteiger partial charge on any atom is 0.191 e. The summed E-state index contributed by atoms with van der Waals surface area (Å²) in [4.78, 5) is 12.4. The van der Waals surface area contributed by atoms with Crippen molar-refractivity contribution in [3.05, 3.63) is 29.3 Å². The van der Waals surface area contributed by atoms with Gasteiger partial charge in [-0.3, -0.25) is 4.99 Å². The Balaban J connectivity index is 0.00000341. The lowest BCUT2D eigenvalue weighted by Crippen LogP contribution is -2.47. The van der Waals surface area contributed by atoms with E-state index in [0.29, 0.717) is 12.0 Å². The molecule has 0 radical (unpaired) electrons. The molecule has 8 heteroatoms. The van der Waals surface area contributed by atoms with E-state index >= 15 is 0 Å². The maximum absolute atomic E-state index is 6.16. The molecule has 3 rings (SSSR count). The Labute approximate surface area is 210 Å². The van der Waals surface area contributed by atoms with Crippen LogP contribution in [0.3, 0.4) is 0 Å². The van der Waals surface area contributed by atoms with Crippen LogP contribution in [0.1, 0.15) is 27.2 Å². The number of guanidine groups is 1. The SMILES string of the molecule is CCNC(=NCC(C)CN1CCN(CC)CC1)NC1CCN(c2cccc(Cl)c2)C1.I. The van der Waals surface area contributed by atoms with Gasteiger partial charge in [0.05, 0.1) is 0 Å². The van der Waals surface area contributed by atoms with E-state index in [-0.39, 0.29) is 24.0 Å². The summed E-state index contributed by atoms with van der Waals surface area (Å²) < 4.78 is 0. The first-order chi connectivity index (χ1) is 14.6. The van der Waals surface area contributed by atoms with Gasteiger partial charge in [0.2, 0.25) is 0 Å². The zero-order valence-electron chi connectivity index (χ0n) is 19.3. The van der Waals surface area contributed by atoms with Crippen LogP contribution in [0, 0.1) is 5.92 Å². The predicted molar refractivity (Wildman–Crippen MR) is 144 cm³/mol. The van der Waals surface area contributed by atoms with Gasteiger partial charge in [-0.25, -0.2) is 0 Å². The summed E-state index contributed by atoms with van der Waals surface area (Å²) in [7, 11) is 0. The molecule has 2 N–H and O–H groups in total. The molecule has 176 valence electrons. The summed E-state index contributed by atoms with van der Waals surface area (Å²) in [5, 5.41) is 7.87. The highest BCUT2D eigenvalue weighted by Gasteiger charge is 2.24. The van der Waals surface area contributed by atoms with Crippen molar-refractivity contribution < 1.29 is 0 Å². The van der Waals surface area contributed by atoms with Crippen molar-refractivity contribution in [1.29, 1.82) is 0 Å². The molecule has 2 unspecified atom stereocenters. The molecule has 0 aromatic heterocycles. The standard InChI is InChI=1S/C23H39ClN6.HI/c1-4-25-23(26-16-19(3)17-29-13-11-28(5-2)12-14-29)27-21-9-10-30(18-21)22-8-6-7-20(24)15-22;/h6-8,15,19,21H,4-5,9-14,16-18H2,1-3H3,(H2,25,26,27);1H. The van der Waals surface area contributed by atoms with Gasteiger partial charge in [0, 0.05) is 75.7 Å². The zero-order valence-corrected chi connectivity index (χ0v) is 22.4. The van der Waals surface area contributed by atoms with Crippen LogP contribution in [0.15, 0.2) is 29.3 Å². The Morgan fingerprint density at radius 2 is 1.90 bits per heavy atom. The van der Waals surface area contributed by atoms with Crippen molar-refractivity contribution in [3.63, 3.8) is 0 Å². The number of hydrogen-bond donors (Lipinski definition) is 2. The van der Waals surface area contributed by atoms with Crippen molar-refractivity contribution in [2.45, 2.75) is 33.2 Å². The van der Waals surface area contributed by atoms with Gasteiger partial charge in [-0.05, 0) is 44.0 Å². The fourth-order valence-electron chi connectivity index (χ4n) is 4.33. The Morgan fingerprint density at radius 1 is 1.16 bits per heavy atom. The molecule has 1 aromatic rings. The number of nitrogens with zero attached hydrogens (tertiary/aromatic N) is 4. The van der Waals surface area contributed by atoms with Gasteiger partial charge in [0.1, 0.15) is 0 Å². The number of hydrogen-bond acceptors (Lipinski definition) is 4. The summed E-state index contributed by atoms with van der Waals surface area (Å²) in [5.74, 6) is 1.50. The van der Waals surface area contributed by atoms with E-state index in [1.54, 1.807) is 0 Å². The average Bonchev–Trinajstić information content (AvgIpc) is 3.21. The van der Waals surface area contributed by atoms with Crippen molar-refractivity contribution >= 4 is 47.2 Å². The van der Waals surface area contributed by atoms with Crippen LogP contribution in [0.5, 0.6) is 0 Å². The van der Waals surface area contributed by atoms with Crippen molar-refractivity contribution in [2.75, 3.05) is 70.3 Å². The highest BCUT2D eigenvalue weighted by atomic mass is 127. The summed E-state index contributed by atoms with van der Waals surface area (Å²) in [6.45, 7) is 17.5. The number of piperazine rings is 1. The number of aliphatic imine (C=N–C) groups is 1. The van der Waals surface area contributed by atoms with Gasteiger partial charge in [0.25, 0.3) is 0 Å². The molecule has 0 aliphatic carbocycles. The van der Waals surface area contributed by atoms with Gasteiger partial charge in [0.15, 0.2) is 5.96 Å². The Bertz CT molecular complexity index is 680. The molecule has 2 aliphatic heterocycles. The molecular formula is C23H40ClIN6. The minimum atomic E-state index is 0. The molecule has 0 saturated carbocycles. The number of likely N-dealkylation sites (N-methyl/N-ethyl adjacent to an activating group) is 1. The fraction of sp³-hybridized carbons (Fsp3) is 0.696. The topological polar surface area (TPSA) is 46.1 Å². The molecule has 2 fully saturated rings. The maximum atomic E-state index is 6.16. The third-order valence-corrected chi connectivity index (χ3v) is 6.32. The van der Waals surface area contributed by atoms with Crippen LogP contribution in [-0.2, 0) is 0 Å². The van der Waals surface area contributed by atoms with E-state index in [1.807, 2.05) is 18.2 Å². The third kappa shape index (κ3) is 8.59. The number of nitrogens with one attached hydrogen (secondary N) is 2. The summed E-state index contributed by atoms with van der Waals surface area (Å²) >= 11 is 6.16. The van der Waals surface area contributed by atoms with Gasteiger partial charge in [-0.2, -0.15) is 0 Å². The number of anilines is 1. The second-order valence-electron chi connectivity index (χ2n) is 8.62. The number of halogens is 2. The van der Waals surface area contributed by atoms with Crippen LogP contribution in [-0.4, -0.2) is 87.2 Å². The fourth-order valence-corrected chi connectivity index (χ4v) is 4.52. The molecule has 6 nitrogen and oxygen atoms in total. The number of rotatable bonds is 8. The molecule has 2 aliphatic rings. The summed E-state index contributed by atoms with van der Waals surface area (Å²) in [6, 6.07) is 8.53. The zero-order chi connectivity index (χ0) is 21.3. The first-order valence-electron chi connectivity index (χ1n) is 11.6. The van der Waals surface area contributed by atoms with Gasteiger partial charge < -0.3 is 25.3 Å². The largest absolute Gasteiger partial charge is 0.369 e. The van der Waals surface area contributed by atoms with Crippen LogP contribution in [0.2, 0.25) is 5.02 Å². The lowest BCUT2D eigenvalue weighted by molar-refractivity contribution is 0.125. The van der Waals surface area contributed by atoms with E-state index in [1.165, 1.54) is 38.4 Å². The quantitative estimate of drug-likeness (QED) is 0.289. The molecule has 2 heterocycles. The molecule has 1 aromatic carbocycles. The summed E-state index contributed by atoms with van der Waals surface area (Å²) in [5.41, 5.74) is 1.20.